The van der Waals surface area contributed by atoms with Crippen LogP contribution in [0, 0.1) is 11.8 Å². The fourth-order valence-corrected chi connectivity index (χ4v) is 3.36. The lowest BCUT2D eigenvalue weighted by Crippen LogP contribution is -2.59. The number of methoxy groups -OCH3 is 1. The highest BCUT2D eigenvalue weighted by molar-refractivity contribution is 5.93. The van der Waals surface area contributed by atoms with Gasteiger partial charge in [-0.25, -0.2) is 9.59 Å². The standard InChI is InChI=1S/C26H41N3O6/c1-9-17(4)21(29-25(33)35-26(5,6)7)23(31)28-20(16(2)3)22(30)27-19(24(32)34-8)15-18-13-11-10-12-14-18/h10-14,16-17,19-21H,9,15H2,1-8H3,(H,27,30)(H,28,31)(H,29,33)/t17-,19-,20-,21-/m0/s1. The minimum absolute atomic E-state index is 0.209. The molecule has 1 rings (SSSR count). The summed E-state index contributed by atoms with van der Waals surface area (Å²) in [6, 6.07) is 6.50. The monoisotopic (exact) mass is 491 g/mol. The van der Waals surface area contributed by atoms with Gasteiger partial charge in [0.05, 0.1) is 7.11 Å². The van der Waals surface area contributed by atoms with Crippen LogP contribution in [0.25, 0.3) is 0 Å². The van der Waals surface area contributed by atoms with E-state index in [0.29, 0.717) is 6.42 Å². The molecule has 3 N–H and O–H groups in total. The maximum absolute atomic E-state index is 13.2. The number of rotatable bonds is 11. The summed E-state index contributed by atoms with van der Waals surface area (Å²) in [7, 11) is 1.26. The first-order valence-electron chi connectivity index (χ1n) is 12.0. The van der Waals surface area contributed by atoms with Crippen molar-refractivity contribution in [1.82, 2.24) is 16.0 Å². The largest absolute Gasteiger partial charge is 0.467 e. The van der Waals surface area contributed by atoms with Crippen LogP contribution in [0.2, 0.25) is 0 Å². The highest BCUT2D eigenvalue weighted by atomic mass is 16.6. The lowest BCUT2D eigenvalue weighted by atomic mass is 9.96. The average Bonchev–Trinajstić information content (AvgIpc) is 2.78. The number of esters is 1. The molecule has 0 aliphatic rings. The molecule has 0 saturated heterocycles. The summed E-state index contributed by atoms with van der Waals surface area (Å²) in [6.07, 6.45) is 0.152. The first-order valence-corrected chi connectivity index (χ1v) is 12.0. The second-order valence-corrected chi connectivity index (χ2v) is 10.0. The third-order valence-electron chi connectivity index (χ3n) is 5.50. The van der Waals surface area contributed by atoms with Gasteiger partial charge in [0, 0.05) is 6.42 Å². The third-order valence-corrected chi connectivity index (χ3v) is 5.50. The van der Waals surface area contributed by atoms with E-state index in [4.69, 9.17) is 9.47 Å². The molecule has 1 aromatic rings. The molecule has 1 aromatic carbocycles. The molecule has 0 fully saturated rings. The van der Waals surface area contributed by atoms with Crippen molar-refractivity contribution in [2.24, 2.45) is 11.8 Å². The second kappa shape index (κ2) is 13.7. The highest BCUT2D eigenvalue weighted by Crippen LogP contribution is 2.13. The van der Waals surface area contributed by atoms with E-state index in [1.807, 2.05) is 44.2 Å². The zero-order valence-electron chi connectivity index (χ0n) is 22.1. The van der Waals surface area contributed by atoms with E-state index in [0.717, 1.165) is 5.56 Å². The van der Waals surface area contributed by atoms with Gasteiger partial charge in [0.1, 0.15) is 23.7 Å². The van der Waals surface area contributed by atoms with E-state index < -0.39 is 47.6 Å². The lowest BCUT2D eigenvalue weighted by Gasteiger charge is -2.29. The molecule has 0 radical (unpaired) electrons. The predicted molar refractivity (Wildman–Crippen MR) is 133 cm³/mol. The maximum Gasteiger partial charge on any atom is 0.408 e. The molecular formula is C26H41N3O6. The van der Waals surface area contributed by atoms with Crippen molar-refractivity contribution in [3.05, 3.63) is 35.9 Å². The van der Waals surface area contributed by atoms with Gasteiger partial charge in [-0.2, -0.15) is 0 Å². The van der Waals surface area contributed by atoms with Gasteiger partial charge in [0.2, 0.25) is 11.8 Å². The molecule has 0 saturated carbocycles. The van der Waals surface area contributed by atoms with Gasteiger partial charge in [-0.05, 0) is 38.2 Å². The van der Waals surface area contributed by atoms with E-state index in [2.05, 4.69) is 16.0 Å². The zero-order valence-corrected chi connectivity index (χ0v) is 22.1. The minimum atomic E-state index is -0.933. The number of carbonyl (C=O) groups excluding carboxylic acids is 4. The Morgan fingerprint density at radius 1 is 0.886 bits per heavy atom. The fourth-order valence-electron chi connectivity index (χ4n) is 3.36. The molecule has 0 unspecified atom stereocenters. The SMILES string of the molecule is CC[C@H](C)[C@H](NC(=O)OC(C)(C)C)C(=O)N[C@H](C(=O)N[C@@H](Cc1ccccc1)C(=O)OC)C(C)C. The predicted octanol–water partition coefficient (Wildman–Crippen LogP) is 2.97. The number of hydrogen-bond donors (Lipinski definition) is 3. The number of nitrogens with one attached hydrogen (secondary N) is 3. The molecule has 0 spiro atoms. The Morgan fingerprint density at radius 2 is 1.46 bits per heavy atom. The number of ether oxygens (including phenoxy) is 2. The van der Waals surface area contributed by atoms with Crippen LogP contribution in [0.4, 0.5) is 4.79 Å². The Labute approximate surface area is 208 Å². The van der Waals surface area contributed by atoms with E-state index in [-0.39, 0.29) is 18.3 Å². The van der Waals surface area contributed by atoms with Gasteiger partial charge in [0.25, 0.3) is 0 Å². The van der Waals surface area contributed by atoms with Crippen LogP contribution in [0.15, 0.2) is 30.3 Å². The number of alkyl carbamates (subject to hydrolysis) is 1. The number of hydrogen-bond acceptors (Lipinski definition) is 6. The summed E-state index contributed by atoms with van der Waals surface area (Å²) < 4.78 is 10.2. The summed E-state index contributed by atoms with van der Waals surface area (Å²) in [5.74, 6) is -2.09. The molecule has 0 bridgehead atoms. The van der Waals surface area contributed by atoms with E-state index in [1.54, 1.807) is 34.6 Å². The molecule has 9 heteroatoms. The number of amides is 3. The molecule has 3 amide bonds. The van der Waals surface area contributed by atoms with Crippen LogP contribution in [0.3, 0.4) is 0 Å². The van der Waals surface area contributed by atoms with Gasteiger partial charge in [-0.1, -0.05) is 64.4 Å². The fraction of sp³-hybridized carbons (Fsp3) is 0.615. The summed E-state index contributed by atoms with van der Waals surface area (Å²) in [4.78, 5) is 51.0. The van der Waals surface area contributed by atoms with Crippen molar-refractivity contribution >= 4 is 23.9 Å². The zero-order chi connectivity index (χ0) is 26.8. The Morgan fingerprint density at radius 3 is 1.94 bits per heavy atom. The lowest BCUT2D eigenvalue weighted by molar-refractivity contribution is -0.145. The van der Waals surface area contributed by atoms with Crippen LogP contribution in [-0.2, 0) is 30.3 Å². The summed E-state index contributed by atoms with van der Waals surface area (Å²) in [5, 5.41) is 8.10. The molecular weight excluding hydrogens is 450 g/mol. The van der Waals surface area contributed by atoms with Crippen molar-refractivity contribution in [3.63, 3.8) is 0 Å². The summed E-state index contributed by atoms with van der Waals surface area (Å²) in [6.45, 7) is 12.5. The Balaban J connectivity index is 3.01. The number of carbonyl (C=O) groups is 4. The van der Waals surface area contributed by atoms with E-state index in [1.165, 1.54) is 7.11 Å². The molecule has 0 aliphatic heterocycles. The first-order chi connectivity index (χ1) is 16.3. The first kappa shape index (κ1) is 29.9. The molecule has 196 valence electrons. The van der Waals surface area contributed by atoms with Crippen LogP contribution < -0.4 is 16.0 Å². The van der Waals surface area contributed by atoms with Crippen molar-refractivity contribution in [3.8, 4) is 0 Å². The normalized spacial score (nSPS) is 14.8. The third kappa shape index (κ3) is 10.4. The molecule has 35 heavy (non-hydrogen) atoms. The Kier molecular flexibility index (Phi) is 11.7. The molecule has 0 aromatic heterocycles. The minimum Gasteiger partial charge on any atom is -0.467 e. The van der Waals surface area contributed by atoms with Gasteiger partial charge in [0.15, 0.2) is 0 Å². The smallest absolute Gasteiger partial charge is 0.408 e. The highest BCUT2D eigenvalue weighted by Gasteiger charge is 2.34. The van der Waals surface area contributed by atoms with Gasteiger partial charge < -0.3 is 25.4 Å². The molecule has 0 heterocycles. The van der Waals surface area contributed by atoms with E-state index >= 15 is 0 Å². The topological polar surface area (TPSA) is 123 Å². The second-order valence-electron chi connectivity index (χ2n) is 10.0. The number of benzene rings is 1. The molecule has 4 atom stereocenters. The molecule has 0 aliphatic carbocycles. The van der Waals surface area contributed by atoms with Crippen LogP contribution in [0.5, 0.6) is 0 Å². The maximum atomic E-state index is 13.2. The average molecular weight is 492 g/mol. The quantitative estimate of drug-likeness (QED) is 0.409. The van der Waals surface area contributed by atoms with Crippen LogP contribution in [-0.4, -0.2) is 54.7 Å². The van der Waals surface area contributed by atoms with Crippen molar-refractivity contribution in [1.29, 1.82) is 0 Å². The summed E-state index contributed by atoms with van der Waals surface area (Å²) >= 11 is 0. The summed E-state index contributed by atoms with van der Waals surface area (Å²) in [5.41, 5.74) is 0.134. The Hall–Kier alpha value is -3.10. The van der Waals surface area contributed by atoms with Crippen molar-refractivity contribution < 1.29 is 28.7 Å². The van der Waals surface area contributed by atoms with Crippen LogP contribution >= 0.6 is 0 Å². The van der Waals surface area contributed by atoms with Gasteiger partial charge in [-0.15, -0.1) is 0 Å². The Bertz CT molecular complexity index is 850. The van der Waals surface area contributed by atoms with E-state index in [9.17, 15) is 19.2 Å². The molecule has 9 nitrogen and oxygen atoms in total. The van der Waals surface area contributed by atoms with Crippen molar-refractivity contribution in [2.45, 2.75) is 85.0 Å². The van der Waals surface area contributed by atoms with Crippen LogP contribution in [0.1, 0.15) is 60.5 Å². The van der Waals surface area contributed by atoms with Gasteiger partial charge in [-0.3, -0.25) is 9.59 Å². The van der Waals surface area contributed by atoms with Crippen molar-refractivity contribution in [2.75, 3.05) is 7.11 Å². The van der Waals surface area contributed by atoms with Gasteiger partial charge >= 0.3 is 12.1 Å².